The van der Waals surface area contributed by atoms with Crippen LogP contribution in [0.1, 0.15) is 15.2 Å². The lowest BCUT2D eigenvalue weighted by atomic mass is 10.3. The second kappa shape index (κ2) is 7.41. The van der Waals surface area contributed by atoms with E-state index in [9.17, 15) is 19.2 Å². The van der Waals surface area contributed by atoms with Crippen molar-refractivity contribution < 1.29 is 23.9 Å². The fourth-order valence-corrected chi connectivity index (χ4v) is 3.30. The zero-order valence-corrected chi connectivity index (χ0v) is 13.4. The number of thiophene rings is 1. The van der Waals surface area contributed by atoms with E-state index in [1.807, 2.05) is 0 Å². The van der Waals surface area contributed by atoms with Crippen molar-refractivity contribution in [1.29, 1.82) is 0 Å². The van der Waals surface area contributed by atoms with Crippen LogP contribution in [-0.4, -0.2) is 53.4 Å². The van der Waals surface area contributed by atoms with Crippen LogP contribution in [0.5, 0.6) is 0 Å². The van der Waals surface area contributed by atoms with Crippen molar-refractivity contribution in [3.05, 3.63) is 21.9 Å². The molecule has 1 aliphatic heterocycles. The second-order valence-electron chi connectivity index (χ2n) is 4.46. The Balaban J connectivity index is 1.68. The fourth-order valence-electron chi connectivity index (χ4n) is 1.73. The number of carbonyl (C=O) groups excluding carboxylic acids is 4. The first-order valence-electron chi connectivity index (χ1n) is 6.44. The van der Waals surface area contributed by atoms with Gasteiger partial charge in [0.1, 0.15) is 4.88 Å². The molecule has 0 unspecified atom stereocenters. The minimum atomic E-state index is -0.538. The van der Waals surface area contributed by atoms with Crippen molar-refractivity contribution in [2.24, 2.45) is 0 Å². The van der Waals surface area contributed by atoms with Gasteiger partial charge in [0.05, 0.1) is 5.75 Å². The minimum absolute atomic E-state index is 0.119. The van der Waals surface area contributed by atoms with Crippen LogP contribution >= 0.6 is 23.1 Å². The number of amides is 3. The molecule has 1 aromatic rings. The third kappa shape index (κ3) is 4.08. The number of thioether (sulfide) groups is 1. The maximum Gasteiger partial charge on any atom is 0.349 e. The Kier molecular flexibility index (Phi) is 5.56. The molecule has 2 heterocycles. The maximum atomic E-state index is 11.7. The number of nitrogens with one attached hydrogen (secondary N) is 1. The molecule has 2 rings (SSSR count). The lowest BCUT2D eigenvalue weighted by molar-refractivity contribution is -0.126. The molecule has 0 atom stereocenters. The zero-order valence-electron chi connectivity index (χ0n) is 11.8. The van der Waals surface area contributed by atoms with Crippen LogP contribution in [0.25, 0.3) is 0 Å². The molecule has 1 N–H and O–H groups in total. The van der Waals surface area contributed by atoms with Gasteiger partial charge in [-0.05, 0) is 23.9 Å². The van der Waals surface area contributed by atoms with Gasteiger partial charge >= 0.3 is 5.97 Å². The molecule has 1 fully saturated rings. The van der Waals surface area contributed by atoms with Crippen molar-refractivity contribution in [1.82, 2.24) is 10.2 Å². The standard InChI is InChI=1S/C13H14N2O5S2/c1-8-2-5-21-11(8)12(18)20-6-9(16)14-3-4-15-10(17)7-22-13(15)19/h2,5H,3-4,6-7H2,1H3,(H,14,16). The Morgan fingerprint density at radius 1 is 1.41 bits per heavy atom. The molecule has 7 nitrogen and oxygen atoms in total. The smallest absolute Gasteiger partial charge is 0.349 e. The van der Waals surface area contributed by atoms with E-state index in [-0.39, 0.29) is 30.0 Å². The van der Waals surface area contributed by atoms with Crippen LogP contribution in [0, 0.1) is 6.92 Å². The van der Waals surface area contributed by atoms with E-state index in [1.165, 1.54) is 11.3 Å². The van der Waals surface area contributed by atoms with Crippen LogP contribution in [0.3, 0.4) is 0 Å². The summed E-state index contributed by atoms with van der Waals surface area (Å²) in [7, 11) is 0. The number of carbonyl (C=O) groups is 4. The van der Waals surface area contributed by atoms with Gasteiger partial charge in [-0.1, -0.05) is 11.8 Å². The highest BCUT2D eigenvalue weighted by atomic mass is 32.2. The summed E-state index contributed by atoms with van der Waals surface area (Å²) in [4.78, 5) is 47.5. The molecule has 0 radical (unpaired) electrons. The number of nitrogens with zero attached hydrogens (tertiary/aromatic N) is 1. The van der Waals surface area contributed by atoms with Crippen LogP contribution < -0.4 is 5.32 Å². The first kappa shape index (κ1) is 16.5. The third-order valence-corrected chi connectivity index (χ3v) is 4.74. The first-order chi connectivity index (χ1) is 10.5. The van der Waals surface area contributed by atoms with Gasteiger partial charge in [0.25, 0.3) is 11.1 Å². The molecule has 0 saturated carbocycles. The predicted molar refractivity (Wildman–Crippen MR) is 81.9 cm³/mol. The Bertz CT molecular complexity index is 597. The molecule has 0 aliphatic carbocycles. The van der Waals surface area contributed by atoms with Crippen molar-refractivity contribution in [3.8, 4) is 0 Å². The lowest BCUT2D eigenvalue weighted by Gasteiger charge is -2.13. The summed E-state index contributed by atoms with van der Waals surface area (Å²) in [6.07, 6.45) is 0. The molecular formula is C13H14N2O5S2. The van der Waals surface area contributed by atoms with Crippen LogP contribution in [0.4, 0.5) is 4.79 Å². The number of esters is 1. The Labute approximate surface area is 135 Å². The van der Waals surface area contributed by atoms with Crippen molar-refractivity contribution >= 4 is 46.1 Å². The quantitative estimate of drug-likeness (QED) is 0.776. The van der Waals surface area contributed by atoms with E-state index >= 15 is 0 Å². The van der Waals surface area contributed by atoms with Gasteiger partial charge in [0.15, 0.2) is 6.61 Å². The van der Waals surface area contributed by atoms with Crippen molar-refractivity contribution in [3.63, 3.8) is 0 Å². The SMILES string of the molecule is Cc1ccsc1C(=O)OCC(=O)NCCN1C(=O)CSC1=O. The average Bonchev–Trinajstić information content (AvgIpc) is 3.04. The fraction of sp³-hybridized carbons (Fsp3) is 0.385. The molecule has 22 heavy (non-hydrogen) atoms. The van der Waals surface area contributed by atoms with Gasteiger partial charge in [-0.15, -0.1) is 11.3 Å². The van der Waals surface area contributed by atoms with E-state index in [0.717, 1.165) is 22.2 Å². The Morgan fingerprint density at radius 2 is 2.18 bits per heavy atom. The van der Waals surface area contributed by atoms with Gasteiger partial charge in [-0.2, -0.15) is 0 Å². The van der Waals surface area contributed by atoms with Crippen LogP contribution in [-0.2, 0) is 14.3 Å². The molecular weight excluding hydrogens is 328 g/mol. The average molecular weight is 342 g/mol. The zero-order chi connectivity index (χ0) is 16.1. The lowest BCUT2D eigenvalue weighted by Crippen LogP contribution is -2.38. The van der Waals surface area contributed by atoms with E-state index in [4.69, 9.17) is 4.74 Å². The number of hydrogen-bond donors (Lipinski definition) is 1. The molecule has 0 aromatic carbocycles. The molecule has 9 heteroatoms. The van der Waals surface area contributed by atoms with Crippen LogP contribution in [0.15, 0.2) is 11.4 Å². The van der Waals surface area contributed by atoms with Crippen molar-refractivity contribution in [2.75, 3.05) is 25.4 Å². The van der Waals surface area contributed by atoms with E-state index in [1.54, 1.807) is 18.4 Å². The molecule has 118 valence electrons. The van der Waals surface area contributed by atoms with Crippen molar-refractivity contribution in [2.45, 2.75) is 6.92 Å². The van der Waals surface area contributed by atoms with Gasteiger partial charge < -0.3 is 10.1 Å². The van der Waals surface area contributed by atoms with E-state index in [0.29, 0.717) is 4.88 Å². The second-order valence-corrected chi connectivity index (χ2v) is 6.30. The summed E-state index contributed by atoms with van der Waals surface area (Å²) < 4.78 is 4.90. The summed E-state index contributed by atoms with van der Waals surface area (Å²) in [5, 5.41) is 3.96. The van der Waals surface area contributed by atoms with Gasteiger partial charge in [0.2, 0.25) is 5.91 Å². The van der Waals surface area contributed by atoms with Gasteiger partial charge in [-0.25, -0.2) is 4.79 Å². The summed E-state index contributed by atoms with van der Waals surface area (Å²) in [6.45, 7) is 1.64. The maximum absolute atomic E-state index is 11.7. The predicted octanol–water partition coefficient (Wildman–Crippen LogP) is 1.02. The molecule has 1 aromatic heterocycles. The molecule has 1 aliphatic rings. The highest BCUT2D eigenvalue weighted by Gasteiger charge is 2.29. The molecule has 0 spiro atoms. The highest BCUT2D eigenvalue weighted by Crippen LogP contribution is 2.18. The van der Waals surface area contributed by atoms with Crippen LogP contribution in [0.2, 0.25) is 0 Å². The van der Waals surface area contributed by atoms with E-state index in [2.05, 4.69) is 5.32 Å². The number of rotatable bonds is 6. The van der Waals surface area contributed by atoms with Gasteiger partial charge in [0, 0.05) is 13.1 Å². The topological polar surface area (TPSA) is 92.8 Å². The summed E-state index contributed by atoms with van der Waals surface area (Å²) in [5.41, 5.74) is 0.805. The summed E-state index contributed by atoms with van der Waals surface area (Å²) in [6, 6.07) is 1.80. The summed E-state index contributed by atoms with van der Waals surface area (Å²) >= 11 is 2.20. The van der Waals surface area contributed by atoms with Gasteiger partial charge in [-0.3, -0.25) is 19.3 Å². The molecule has 3 amide bonds. The first-order valence-corrected chi connectivity index (χ1v) is 8.30. The monoisotopic (exact) mass is 342 g/mol. The highest BCUT2D eigenvalue weighted by molar-refractivity contribution is 8.14. The molecule has 1 saturated heterocycles. The van der Waals surface area contributed by atoms with E-state index < -0.39 is 18.5 Å². The normalized spacial score (nSPS) is 14.3. The number of hydrogen-bond acceptors (Lipinski definition) is 7. The number of ether oxygens (including phenoxy) is 1. The largest absolute Gasteiger partial charge is 0.451 e. The number of imide groups is 1. The Morgan fingerprint density at radius 3 is 2.77 bits per heavy atom. The summed E-state index contributed by atoms with van der Waals surface area (Å²) in [5.74, 6) is -1.13. The number of aryl methyl sites for hydroxylation is 1. The minimum Gasteiger partial charge on any atom is -0.451 e. The third-order valence-electron chi connectivity index (χ3n) is 2.88. The molecule has 0 bridgehead atoms. The Hall–Kier alpha value is -1.87.